The number of rotatable bonds is 6. The summed E-state index contributed by atoms with van der Waals surface area (Å²) in [6, 6.07) is 19.7. The summed E-state index contributed by atoms with van der Waals surface area (Å²) in [5.74, 6) is 0.155. The normalized spacial score (nSPS) is 15.1. The van der Waals surface area contributed by atoms with Gasteiger partial charge < -0.3 is 5.32 Å². The van der Waals surface area contributed by atoms with Gasteiger partial charge in [-0.1, -0.05) is 38.6 Å². The Morgan fingerprint density at radius 1 is 1.10 bits per heavy atom. The van der Waals surface area contributed by atoms with E-state index in [1.54, 1.807) is 12.3 Å². The largest absolute Gasteiger partial charge is 0.307 e. The van der Waals surface area contributed by atoms with E-state index in [-0.39, 0.29) is 23.7 Å². The molecule has 2 amide bonds. The van der Waals surface area contributed by atoms with E-state index < -0.39 is 5.41 Å². The first-order valence-corrected chi connectivity index (χ1v) is 13.3. The number of hydrogen-bond acceptors (Lipinski definition) is 5. The van der Waals surface area contributed by atoms with Crippen LogP contribution in [0.1, 0.15) is 38.8 Å². The smallest absolute Gasteiger partial charge is 0.248 e. The van der Waals surface area contributed by atoms with Crippen LogP contribution in [-0.2, 0) is 21.4 Å². The number of amides is 2. The van der Waals surface area contributed by atoms with E-state index in [9.17, 15) is 14.9 Å². The number of carbonyl (C=O) groups is 2. The zero-order chi connectivity index (χ0) is 28.6. The number of pyridine rings is 2. The Morgan fingerprint density at radius 2 is 1.82 bits per heavy atom. The summed E-state index contributed by atoms with van der Waals surface area (Å²) in [5, 5.41) is 13.1. The fourth-order valence-electron chi connectivity index (χ4n) is 5.10. The van der Waals surface area contributed by atoms with Gasteiger partial charge in [-0.15, -0.1) is 0 Å². The van der Waals surface area contributed by atoms with E-state index in [0.29, 0.717) is 12.2 Å². The van der Waals surface area contributed by atoms with Gasteiger partial charge in [-0.05, 0) is 85.4 Å². The lowest BCUT2D eigenvalue weighted by molar-refractivity contribution is -0.123. The molecular weight excluding hydrogens is 498 g/mol. The molecule has 1 aliphatic heterocycles. The van der Waals surface area contributed by atoms with Crippen LogP contribution >= 0.6 is 0 Å². The number of aromatic nitrogens is 2. The molecule has 0 saturated heterocycles. The highest BCUT2D eigenvalue weighted by atomic mass is 16.2. The van der Waals surface area contributed by atoms with Crippen molar-refractivity contribution >= 4 is 39.9 Å². The Morgan fingerprint density at radius 3 is 2.45 bits per heavy atom. The monoisotopic (exact) mass is 529 g/mol. The van der Waals surface area contributed by atoms with Gasteiger partial charge in [0.2, 0.25) is 11.8 Å². The molecule has 0 bridgehead atoms. The van der Waals surface area contributed by atoms with Crippen LogP contribution in [0.15, 0.2) is 79.6 Å². The summed E-state index contributed by atoms with van der Waals surface area (Å²) in [4.78, 5) is 36.6. The highest BCUT2D eigenvalue weighted by molar-refractivity contribution is 6.12. The summed E-state index contributed by atoms with van der Waals surface area (Å²) in [6.45, 7) is 11.4. The maximum atomic E-state index is 14.0. The van der Waals surface area contributed by atoms with Crippen LogP contribution in [0, 0.1) is 23.2 Å². The molecule has 200 valence electrons. The first-order chi connectivity index (χ1) is 19.1. The van der Waals surface area contributed by atoms with Gasteiger partial charge in [-0.3, -0.25) is 19.5 Å². The lowest BCUT2D eigenvalue weighted by Gasteiger charge is -2.36. The molecular formula is C33H31N5O2. The average Bonchev–Trinajstić information content (AvgIpc) is 2.96. The number of hydrogen-bond donors (Lipinski definition) is 1. The van der Waals surface area contributed by atoms with Crippen molar-refractivity contribution < 1.29 is 9.59 Å². The van der Waals surface area contributed by atoms with Gasteiger partial charge in [-0.2, -0.15) is 5.26 Å². The fraction of sp³-hybridized carbons (Fsp3) is 0.242. The van der Waals surface area contributed by atoms with Gasteiger partial charge in [0.15, 0.2) is 0 Å². The molecule has 7 nitrogen and oxygen atoms in total. The number of carbonyl (C=O) groups excluding carboxylic acids is 2. The highest BCUT2D eigenvalue weighted by Gasteiger charge is 2.37. The molecule has 5 rings (SSSR count). The molecule has 3 heterocycles. The van der Waals surface area contributed by atoms with Gasteiger partial charge in [0.05, 0.1) is 22.7 Å². The minimum atomic E-state index is -0.633. The molecule has 1 unspecified atom stereocenters. The second-order valence-electron chi connectivity index (χ2n) is 11.0. The van der Waals surface area contributed by atoms with E-state index in [0.717, 1.165) is 44.5 Å². The minimum Gasteiger partial charge on any atom is -0.307 e. The van der Waals surface area contributed by atoms with Crippen molar-refractivity contribution in [2.45, 2.75) is 39.5 Å². The molecule has 0 aliphatic carbocycles. The van der Waals surface area contributed by atoms with E-state index >= 15 is 0 Å². The Hall–Kier alpha value is -4.83. The Balaban J connectivity index is 1.64. The van der Waals surface area contributed by atoms with E-state index in [2.05, 4.69) is 36.8 Å². The number of nitrogens with zero attached hydrogens (tertiary/aromatic N) is 4. The summed E-state index contributed by atoms with van der Waals surface area (Å²) in [6.07, 6.45) is 5.41. The quantitative estimate of drug-likeness (QED) is 0.280. The van der Waals surface area contributed by atoms with Crippen LogP contribution in [0.5, 0.6) is 0 Å². The van der Waals surface area contributed by atoms with E-state index in [4.69, 9.17) is 4.98 Å². The predicted octanol–water partition coefficient (Wildman–Crippen LogP) is 6.72. The predicted molar refractivity (Wildman–Crippen MR) is 158 cm³/mol. The van der Waals surface area contributed by atoms with E-state index in [1.165, 1.54) is 6.08 Å². The first kappa shape index (κ1) is 26.8. The lowest BCUT2D eigenvalue weighted by atomic mass is 9.83. The molecule has 2 aromatic carbocycles. The van der Waals surface area contributed by atoms with Crippen LogP contribution in [-0.4, -0.2) is 21.8 Å². The fourth-order valence-corrected chi connectivity index (χ4v) is 5.10. The third kappa shape index (κ3) is 4.85. The van der Waals surface area contributed by atoms with E-state index in [1.807, 2.05) is 73.5 Å². The summed E-state index contributed by atoms with van der Waals surface area (Å²) in [5.41, 5.74) is 5.45. The number of benzene rings is 2. The van der Waals surface area contributed by atoms with Gasteiger partial charge in [0.1, 0.15) is 5.82 Å². The molecule has 0 saturated carbocycles. The van der Waals surface area contributed by atoms with Crippen molar-refractivity contribution in [1.82, 2.24) is 9.97 Å². The first-order valence-electron chi connectivity index (χ1n) is 13.3. The second kappa shape index (κ2) is 10.4. The molecule has 4 aromatic rings. The third-order valence-corrected chi connectivity index (χ3v) is 7.58. The van der Waals surface area contributed by atoms with Gasteiger partial charge in [0.25, 0.3) is 0 Å². The Bertz CT molecular complexity index is 1660. The van der Waals surface area contributed by atoms with Crippen molar-refractivity contribution in [3.05, 3.63) is 90.8 Å². The Kier molecular flexibility index (Phi) is 6.95. The van der Waals surface area contributed by atoms with Crippen LogP contribution in [0.2, 0.25) is 0 Å². The van der Waals surface area contributed by atoms with Crippen LogP contribution in [0.4, 0.5) is 17.2 Å². The van der Waals surface area contributed by atoms with Gasteiger partial charge in [-0.25, -0.2) is 4.98 Å². The average molecular weight is 530 g/mol. The number of anilines is 3. The molecule has 1 N–H and O–H groups in total. The van der Waals surface area contributed by atoms with Crippen LogP contribution in [0.25, 0.3) is 22.0 Å². The second-order valence-corrected chi connectivity index (χ2v) is 11.0. The lowest BCUT2D eigenvalue weighted by Crippen LogP contribution is -2.40. The maximum absolute atomic E-state index is 14.0. The number of fused-ring (bicyclic) bond motifs is 3. The van der Waals surface area contributed by atoms with Crippen molar-refractivity contribution in [2.24, 2.45) is 11.8 Å². The number of nitriles is 1. The SMILES string of the molecule is C=CC(=O)Nc1ccc(-c2ccc3ncc4c(c3c2)N(c2ccc(C(C)(C)C#N)cc2)C(=O)C(C(C)C)C4)cn1. The minimum absolute atomic E-state index is 0.0525. The molecule has 40 heavy (non-hydrogen) atoms. The molecule has 0 spiro atoms. The zero-order valence-electron chi connectivity index (χ0n) is 23.1. The van der Waals surface area contributed by atoms with Crippen LogP contribution in [0.3, 0.4) is 0 Å². The standard InChI is InChI=1S/C33H31N5O2/c1-6-30(39)37-29-14-8-22(17-36-29)21-7-13-28-27(15-21)31-23(18-35-28)16-26(20(2)3)32(40)38(31)25-11-9-24(10-12-25)33(4,5)19-34/h6-15,17-18,20,26H,1,16H2,2-5H3,(H,36,37,39). The van der Waals surface area contributed by atoms with Gasteiger partial charge in [0, 0.05) is 34.9 Å². The van der Waals surface area contributed by atoms with Crippen molar-refractivity contribution in [1.29, 1.82) is 5.26 Å². The summed E-state index contributed by atoms with van der Waals surface area (Å²) < 4.78 is 0. The molecule has 7 heteroatoms. The molecule has 1 atom stereocenters. The summed E-state index contributed by atoms with van der Waals surface area (Å²) >= 11 is 0. The van der Waals surface area contributed by atoms with Crippen molar-refractivity contribution in [3.8, 4) is 17.2 Å². The zero-order valence-corrected chi connectivity index (χ0v) is 23.1. The molecule has 0 fully saturated rings. The summed E-state index contributed by atoms with van der Waals surface area (Å²) in [7, 11) is 0. The maximum Gasteiger partial charge on any atom is 0.248 e. The third-order valence-electron chi connectivity index (χ3n) is 7.58. The Labute approximate surface area is 234 Å². The topological polar surface area (TPSA) is 99.0 Å². The van der Waals surface area contributed by atoms with Gasteiger partial charge >= 0.3 is 0 Å². The molecule has 2 aromatic heterocycles. The molecule has 1 aliphatic rings. The van der Waals surface area contributed by atoms with Crippen molar-refractivity contribution in [2.75, 3.05) is 10.2 Å². The van der Waals surface area contributed by atoms with Crippen LogP contribution < -0.4 is 10.2 Å². The van der Waals surface area contributed by atoms with Crippen molar-refractivity contribution in [3.63, 3.8) is 0 Å². The highest BCUT2D eigenvalue weighted by Crippen LogP contribution is 2.43. The number of nitrogens with one attached hydrogen (secondary N) is 1. The molecule has 0 radical (unpaired) electrons.